The molecule has 3 atom stereocenters. The molecule has 5 N–H and O–H groups in total. The van der Waals surface area contributed by atoms with Crippen LogP contribution in [0.4, 0.5) is 0 Å². The van der Waals surface area contributed by atoms with E-state index in [1.54, 1.807) is 0 Å². The van der Waals surface area contributed by atoms with E-state index < -0.39 is 6.04 Å². The lowest BCUT2D eigenvalue weighted by Gasteiger charge is -2.23. The van der Waals surface area contributed by atoms with E-state index in [9.17, 15) is 9.59 Å². The van der Waals surface area contributed by atoms with Gasteiger partial charge in [-0.25, -0.2) is 0 Å². The molecule has 3 rings (SSSR count). The fraction of sp³-hybridized carbons (Fsp3) is 0.391. The standard InChI is InChI=1S/C23H30N4O2/c24-15-20-14-19(26-23(29)21(25)13-18-9-5-2-6-10-18)16-27(20)22(28)12-11-17-7-3-1-4-8-17/h1-10,19-21H,11-16,24-25H2,(H,26,29)/t19-,20-,21-/m0/s1. The fourth-order valence-electron chi connectivity index (χ4n) is 3.86. The summed E-state index contributed by atoms with van der Waals surface area (Å²) in [5.74, 6) is -0.108. The molecule has 2 aromatic rings. The minimum absolute atomic E-state index is 0.0473. The van der Waals surface area contributed by atoms with Crippen molar-refractivity contribution in [3.05, 3.63) is 71.8 Å². The van der Waals surface area contributed by atoms with Crippen LogP contribution in [0.15, 0.2) is 60.7 Å². The Morgan fingerprint density at radius 2 is 1.66 bits per heavy atom. The molecule has 1 aliphatic rings. The van der Waals surface area contributed by atoms with E-state index in [0.29, 0.717) is 38.8 Å². The maximum absolute atomic E-state index is 12.7. The van der Waals surface area contributed by atoms with Gasteiger partial charge in [-0.15, -0.1) is 0 Å². The van der Waals surface area contributed by atoms with Gasteiger partial charge in [-0.3, -0.25) is 9.59 Å². The number of rotatable bonds is 8. The molecular formula is C23H30N4O2. The molecule has 0 spiro atoms. The van der Waals surface area contributed by atoms with E-state index in [-0.39, 0.29) is 23.9 Å². The van der Waals surface area contributed by atoms with Crippen LogP contribution in [0.25, 0.3) is 0 Å². The number of nitrogens with one attached hydrogen (secondary N) is 1. The van der Waals surface area contributed by atoms with Crippen LogP contribution in [-0.2, 0) is 22.4 Å². The van der Waals surface area contributed by atoms with E-state index in [1.165, 1.54) is 0 Å². The Kier molecular flexibility index (Phi) is 7.38. The number of benzene rings is 2. The third-order valence-electron chi connectivity index (χ3n) is 5.46. The maximum Gasteiger partial charge on any atom is 0.237 e. The summed E-state index contributed by atoms with van der Waals surface area (Å²) in [6.45, 7) is 0.874. The highest BCUT2D eigenvalue weighted by Crippen LogP contribution is 2.19. The Morgan fingerprint density at radius 3 is 2.28 bits per heavy atom. The van der Waals surface area contributed by atoms with Crippen LogP contribution in [0.5, 0.6) is 0 Å². The highest BCUT2D eigenvalue weighted by Gasteiger charge is 2.35. The zero-order valence-corrected chi connectivity index (χ0v) is 16.7. The lowest BCUT2D eigenvalue weighted by atomic mass is 10.1. The van der Waals surface area contributed by atoms with E-state index in [4.69, 9.17) is 11.5 Å². The van der Waals surface area contributed by atoms with E-state index in [0.717, 1.165) is 11.1 Å². The molecule has 154 valence electrons. The van der Waals surface area contributed by atoms with Gasteiger partial charge in [-0.1, -0.05) is 60.7 Å². The number of carbonyl (C=O) groups is 2. The van der Waals surface area contributed by atoms with Gasteiger partial charge < -0.3 is 21.7 Å². The Balaban J connectivity index is 1.51. The first-order chi connectivity index (χ1) is 14.1. The molecule has 1 heterocycles. The van der Waals surface area contributed by atoms with Crippen molar-refractivity contribution < 1.29 is 9.59 Å². The van der Waals surface area contributed by atoms with Crippen molar-refractivity contribution in [2.75, 3.05) is 13.1 Å². The molecule has 29 heavy (non-hydrogen) atoms. The van der Waals surface area contributed by atoms with Gasteiger partial charge >= 0.3 is 0 Å². The van der Waals surface area contributed by atoms with Crippen molar-refractivity contribution in [3.63, 3.8) is 0 Å². The van der Waals surface area contributed by atoms with Gasteiger partial charge in [0.15, 0.2) is 0 Å². The molecule has 6 nitrogen and oxygen atoms in total. The van der Waals surface area contributed by atoms with Crippen LogP contribution in [0.1, 0.15) is 24.0 Å². The SMILES string of the molecule is NC[C@@H]1C[C@H](NC(=O)[C@@H](N)Cc2ccccc2)CN1C(=O)CCc1ccccc1. The van der Waals surface area contributed by atoms with Crippen LogP contribution in [0.2, 0.25) is 0 Å². The third kappa shape index (κ3) is 5.89. The first kappa shape index (κ1) is 21.0. The summed E-state index contributed by atoms with van der Waals surface area (Å²) in [7, 11) is 0. The van der Waals surface area contributed by atoms with Crippen LogP contribution < -0.4 is 16.8 Å². The van der Waals surface area contributed by atoms with Crippen molar-refractivity contribution in [2.24, 2.45) is 11.5 Å². The smallest absolute Gasteiger partial charge is 0.237 e. The van der Waals surface area contributed by atoms with Crippen LogP contribution in [-0.4, -0.2) is 47.9 Å². The predicted molar refractivity (Wildman–Crippen MR) is 114 cm³/mol. The second-order valence-corrected chi connectivity index (χ2v) is 7.66. The van der Waals surface area contributed by atoms with E-state index in [1.807, 2.05) is 65.6 Å². The summed E-state index contributed by atoms with van der Waals surface area (Å²) in [5.41, 5.74) is 14.1. The predicted octanol–water partition coefficient (Wildman–Crippen LogP) is 1.23. The normalized spacial score (nSPS) is 19.7. The van der Waals surface area contributed by atoms with Gasteiger partial charge in [-0.2, -0.15) is 0 Å². The monoisotopic (exact) mass is 394 g/mol. The third-order valence-corrected chi connectivity index (χ3v) is 5.46. The average Bonchev–Trinajstić information content (AvgIpc) is 3.16. The van der Waals surface area contributed by atoms with Gasteiger partial charge in [0.25, 0.3) is 0 Å². The molecule has 0 radical (unpaired) electrons. The number of amides is 2. The molecule has 0 aliphatic carbocycles. The summed E-state index contributed by atoms with van der Waals surface area (Å²) in [6, 6.07) is 18.9. The number of nitrogens with two attached hydrogens (primary N) is 2. The lowest BCUT2D eigenvalue weighted by Crippen LogP contribution is -2.47. The van der Waals surface area contributed by atoms with Crippen molar-refractivity contribution in [2.45, 2.75) is 43.8 Å². The molecule has 0 unspecified atom stereocenters. The number of aryl methyl sites for hydroxylation is 1. The zero-order chi connectivity index (χ0) is 20.6. The fourth-order valence-corrected chi connectivity index (χ4v) is 3.86. The Hall–Kier alpha value is -2.70. The highest BCUT2D eigenvalue weighted by atomic mass is 16.2. The van der Waals surface area contributed by atoms with E-state index >= 15 is 0 Å². The molecule has 6 heteroatoms. The quantitative estimate of drug-likeness (QED) is 0.627. The van der Waals surface area contributed by atoms with Crippen molar-refractivity contribution in [1.29, 1.82) is 0 Å². The van der Waals surface area contributed by atoms with Crippen molar-refractivity contribution >= 4 is 11.8 Å². The summed E-state index contributed by atoms with van der Waals surface area (Å²) in [4.78, 5) is 27.1. The van der Waals surface area contributed by atoms with Crippen LogP contribution in [0, 0.1) is 0 Å². The molecule has 2 amide bonds. The van der Waals surface area contributed by atoms with Gasteiger partial charge in [0.1, 0.15) is 0 Å². The molecule has 0 aromatic heterocycles. The Bertz CT molecular complexity index is 797. The average molecular weight is 395 g/mol. The lowest BCUT2D eigenvalue weighted by molar-refractivity contribution is -0.132. The number of likely N-dealkylation sites (tertiary alicyclic amines) is 1. The molecular weight excluding hydrogens is 364 g/mol. The van der Waals surface area contributed by atoms with Gasteiger partial charge in [-0.05, 0) is 30.4 Å². The number of nitrogens with zero attached hydrogens (tertiary/aromatic N) is 1. The topological polar surface area (TPSA) is 101 Å². The summed E-state index contributed by atoms with van der Waals surface area (Å²) in [6.07, 6.45) is 2.29. The summed E-state index contributed by atoms with van der Waals surface area (Å²) in [5, 5.41) is 3.01. The molecule has 0 saturated carbocycles. The van der Waals surface area contributed by atoms with Gasteiger partial charge in [0, 0.05) is 31.6 Å². The van der Waals surface area contributed by atoms with Gasteiger partial charge in [0.05, 0.1) is 6.04 Å². The minimum atomic E-state index is -0.614. The molecule has 1 saturated heterocycles. The summed E-state index contributed by atoms with van der Waals surface area (Å²) < 4.78 is 0. The molecule has 1 fully saturated rings. The largest absolute Gasteiger partial charge is 0.350 e. The zero-order valence-electron chi connectivity index (χ0n) is 16.7. The number of carbonyl (C=O) groups excluding carboxylic acids is 2. The molecule has 0 bridgehead atoms. The number of hydrogen-bond donors (Lipinski definition) is 3. The van der Waals surface area contributed by atoms with Crippen LogP contribution >= 0.6 is 0 Å². The minimum Gasteiger partial charge on any atom is -0.350 e. The highest BCUT2D eigenvalue weighted by molar-refractivity contribution is 5.82. The maximum atomic E-state index is 12.7. The number of hydrogen-bond acceptors (Lipinski definition) is 4. The molecule has 2 aromatic carbocycles. The Labute approximate surface area is 172 Å². The Morgan fingerprint density at radius 1 is 1.03 bits per heavy atom. The van der Waals surface area contributed by atoms with Gasteiger partial charge in [0.2, 0.25) is 11.8 Å². The second kappa shape index (κ2) is 10.2. The summed E-state index contributed by atoms with van der Waals surface area (Å²) >= 11 is 0. The second-order valence-electron chi connectivity index (χ2n) is 7.66. The molecule has 1 aliphatic heterocycles. The first-order valence-corrected chi connectivity index (χ1v) is 10.2. The van der Waals surface area contributed by atoms with Crippen molar-refractivity contribution in [1.82, 2.24) is 10.2 Å². The van der Waals surface area contributed by atoms with E-state index in [2.05, 4.69) is 5.32 Å². The van der Waals surface area contributed by atoms with Crippen molar-refractivity contribution in [3.8, 4) is 0 Å². The van der Waals surface area contributed by atoms with Crippen LogP contribution in [0.3, 0.4) is 0 Å². The first-order valence-electron chi connectivity index (χ1n) is 10.2.